The van der Waals surface area contributed by atoms with Crippen LogP contribution < -0.4 is 11.1 Å². The zero-order valence-electron chi connectivity index (χ0n) is 15.6. The molecule has 0 fully saturated rings. The molecule has 10 heteroatoms. The van der Waals surface area contributed by atoms with Gasteiger partial charge >= 0.3 is 0 Å². The molecule has 0 unspecified atom stereocenters. The number of nitrogens with one attached hydrogen (secondary N) is 1. The van der Waals surface area contributed by atoms with Gasteiger partial charge in [-0.25, -0.2) is 28.1 Å². The van der Waals surface area contributed by atoms with Gasteiger partial charge in [0, 0.05) is 6.07 Å². The first-order valence-corrected chi connectivity index (χ1v) is 8.79. The maximum absolute atomic E-state index is 14.4. The largest absolute Gasteiger partial charge is 0.382 e. The SMILES string of the molecule is C[C@H](Nc1ncnc(N)c1C#N)c1nc2c(F)cccc2n1-c1cc(F)cc(F)c1. The first-order valence-electron chi connectivity index (χ1n) is 8.79. The van der Waals surface area contributed by atoms with Gasteiger partial charge in [0.2, 0.25) is 0 Å². The second-order valence-electron chi connectivity index (χ2n) is 6.50. The van der Waals surface area contributed by atoms with Crippen LogP contribution in [0, 0.1) is 28.8 Å². The standard InChI is InChI=1S/C20H14F3N7/c1-10(28-19-14(8-24)18(25)26-9-27-19)20-29-17-15(23)3-2-4-16(17)30(20)13-6-11(21)5-12(22)7-13/h2-7,9-10H,1H3,(H3,25,26,27,28)/t10-/m0/s1. The van der Waals surface area contributed by atoms with Crippen LogP contribution in [0.3, 0.4) is 0 Å². The van der Waals surface area contributed by atoms with Crippen molar-refractivity contribution in [3.63, 3.8) is 0 Å². The topological polar surface area (TPSA) is 105 Å². The van der Waals surface area contributed by atoms with Gasteiger partial charge < -0.3 is 11.1 Å². The van der Waals surface area contributed by atoms with Crippen molar-refractivity contribution in [3.05, 3.63) is 71.6 Å². The van der Waals surface area contributed by atoms with E-state index >= 15 is 0 Å². The molecule has 3 N–H and O–H groups in total. The van der Waals surface area contributed by atoms with E-state index in [4.69, 9.17) is 5.73 Å². The summed E-state index contributed by atoms with van der Waals surface area (Å²) in [5, 5.41) is 12.3. The Hall–Kier alpha value is -4.13. The molecule has 0 spiro atoms. The third-order valence-corrected chi connectivity index (χ3v) is 4.50. The number of nitrogens with zero attached hydrogens (tertiary/aromatic N) is 5. The normalized spacial score (nSPS) is 12.0. The number of anilines is 2. The molecule has 4 aromatic rings. The second kappa shape index (κ2) is 7.36. The summed E-state index contributed by atoms with van der Waals surface area (Å²) in [7, 11) is 0. The number of para-hydroxylation sites is 1. The minimum atomic E-state index is -0.787. The van der Waals surface area contributed by atoms with Crippen LogP contribution in [0.2, 0.25) is 0 Å². The van der Waals surface area contributed by atoms with Crippen LogP contribution in [-0.4, -0.2) is 19.5 Å². The van der Waals surface area contributed by atoms with E-state index in [1.54, 1.807) is 13.0 Å². The van der Waals surface area contributed by atoms with E-state index in [1.807, 2.05) is 6.07 Å². The van der Waals surface area contributed by atoms with E-state index in [0.29, 0.717) is 5.52 Å². The monoisotopic (exact) mass is 409 g/mol. The fourth-order valence-corrected chi connectivity index (χ4v) is 3.20. The van der Waals surface area contributed by atoms with Crippen LogP contribution >= 0.6 is 0 Å². The zero-order chi connectivity index (χ0) is 21.4. The summed E-state index contributed by atoms with van der Waals surface area (Å²) in [5.41, 5.74) is 6.24. The Morgan fingerprint density at radius 3 is 2.57 bits per heavy atom. The number of benzene rings is 2. The molecule has 0 amide bonds. The quantitative estimate of drug-likeness (QED) is 0.530. The van der Waals surface area contributed by atoms with E-state index in [1.165, 1.54) is 23.0 Å². The predicted octanol–water partition coefficient (Wildman–Crippen LogP) is 3.86. The highest BCUT2D eigenvalue weighted by atomic mass is 19.1. The van der Waals surface area contributed by atoms with Crippen LogP contribution in [0.5, 0.6) is 0 Å². The summed E-state index contributed by atoms with van der Waals surface area (Å²) in [5.74, 6) is -1.76. The number of hydrogen-bond acceptors (Lipinski definition) is 6. The number of fused-ring (bicyclic) bond motifs is 1. The van der Waals surface area contributed by atoms with Gasteiger partial charge in [0.15, 0.2) is 5.82 Å². The minimum Gasteiger partial charge on any atom is -0.382 e. The van der Waals surface area contributed by atoms with E-state index in [0.717, 1.165) is 18.2 Å². The van der Waals surface area contributed by atoms with Crippen molar-refractivity contribution in [2.75, 3.05) is 11.1 Å². The number of rotatable bonds is 4. The summed E-state index contributed by atoms with van der Waals surface area (Å²) < 4.78 is 43.6. The lowest BCUT2D eigenvalue weighted by molar-refractivity contribution is 0.581. The number of hydrogen-bond donors (Lipinski definition) is 2. The third-order valence-electron chi connectivity index (χ3n) is 4.50. The van der Waals surface area contributed by atoms with Crippen molar-refractivity contribution < 1.29 is 13.2 Å². The molecule has 4 rings (SSSR count). The second-order valence-corrected chi connectivity index (χ2v) is 6.50. The Labute approximate surface area is 168 Å². The van der Waals surface area contributed by atoms with Crippen molar-refractivity contribution in [3.8, 4) is 11.8 Å². The molecule has 0 radical (unpaired) electrons. The number of nitriles is 1. The van der Waals surface area contributed by atoms with Crippen LogP contribution in [0.4, 0.5) is 24.8 Å². The van der Waals surface area contributed by atoms with Gasteiger partial charge in [-0.15, -0.1) is 0 Å². The summed E-state index contributed by atoms with van der Waals surface area (Å²) in [6.45, 7) is 1.69. The molecule has 0 saturated carbocycles. The average Bonchev–Trinajstić information content (AvgIpc) is 3.08. The van der Waals surface area contributed by atoms with E-state index < -0.39 is 23.5 Å². The van der Waals surface area contributed by atoms with Crippen LogP contribution in [0.15, 0.2) is 42.7 Å². The Bertz CT molecular complexity index is 1290. The molecule has 7 nitrogen and oxygen atoms in total. The Kier molecular flexibility index (Phi) is 4.71. The number of halogens is 3. The Morgan fingerprint density at radius 2 is 1.87 bits per heavy atom. The van der Waals surface area contributed by atoms with Gasteiger partial charge in [0.1, 0.15) is 52.6 Å². The Balaban J connectivity index is 1.90. The van der Waals surface area contributed by atoms with Crippen molar-refractivity contribution in [1.82, 2.24) is 19.5 Å². The maximum Gasteiger partial charge on any atom is 0.151 e. The molecule has 30 heavy (non-hydrogen) atoms. The molecular weight excluding hydrogens is 395 g/mol. The number of nitrogen functional groups attached to an aromatic ring is 1. The lowest BCUT2D eigenvalue weighted by atomic mass is 10.2. The molecule has 0 aliphatic heterocycles. The van der Waals surface area contributed by atoms with E-state index in [9.17, 15) is 18.4 Å². The van der Waals surface area contributed by atoms with Crippen molar-refractivity contribution in [2.24, 2.45) is 0 Å². The van der Waals surface area contributed by atoms with Gasteiger partial charge in [-0.3, -0.25) is 4.57 Å². The number of nitrogens with two attached hydrogens (primary N) is 1. The summed E-state index contributed by atoms with van der Waals surface area (Å²) in [4.78, 5) is 12.1. The van der Waals surface area contributed by atoms with Crippen molar-refractivity contribution in [1.29, 1.82) is 5.26 Å². The summed E-state index contributed by atoms with van der Waals surface area (Å²) >= 11 is 0. The highest BCUT2D eigenvalue weighted by Crippen LogP contribution is 2.30. The first kappa shape index (κ1) is 19.2. The highest BCUT2D eigenvalue weighted by Gasteiger charge is 2.22. The number of aromatic nitrogens is 4. The minimum absolute atomic E-state index is 0.00560. The lowest BCUT2D eigenvalue weighted by Gasteiger charge is -2.18. The fraction of sp³-hybridized carbons (Fsp3) is 0.100. The molecular formula is C20H14F3N7. The van der Waals surface area contributed by atoms with E-state index in [-0.39, 0.29) is 34.2 Å². The maximum atomic E-state index is 14.4. The fourth-order valence-electron chi connectivity index (χ4n) is 3.20. The van der Waals surface area contributed by atoms with Gasteiger partial charge in [0.05, 0.1) is 17.2 Å². The van der Waals surface area contributed by atoms with Gasteiger partial charge in [-0.2, -0.15) is 5.26 Å². The zero-order valence-corrected chi connectivity index (χ0v) is 15.6. The van der Waals surface area contributed by atoms with Gasteiger partial charge in [0.25, 0.3) is 0 Å². The molecule has 0 saturated heterocycles. The summed E-state index contributed by atoms with van der Waals surface area (Å²) in [6.07, 6.45) is 1.19. The van der Waals surface area contributed by atoms with Crippen molar-refractivity contribution >= 4 is 22.7 Å². The van der Waals surface area contributed by atoms with Crippen LogP contribution in [0.25, 0.3) is 16.7 Å². The molecule has 1 atom stereocenters. The highest BCUT2D eigenvalue weighted by molar-refractivity contribution is 5.79. The molecule has 2 heterocycles. The molecule has 0 bridgehead atoms. The van der Waals surface area contributed by atoms with E-state index in [2.05, 4.69) is 20.3 Å². The smallest absolute Gasteiger partial charge is 0.151 e. The predicted molar refractivity (Wildman–Crippen MR) is 104 cm³/mol. The molecule has 150 valence electrons. The van der Waals surface area contributed by atoms with Crippen LogP contribution in [0.1, 0.15) is 24.4 Å². The van der Waals surface area contributed by atoms with Gasteiger partial charge in [-0.1, -0.05) is 6.07 Å². The molecule has 0 aliphatic carbocycles. The number of imidazole rings is 1. The Morgan fingerprint density at radius 1 is 1.13 bits per heavy atom. The molecule has 2 aromatic carbocycles. The lowest BCUT2D eigenvalue weighted by Crippen LogP contribution is -2.15. The summed E-state index contributed by atoms with van der Waals surface area (Å²) in [6, 6.07) is 8.57. The first-order chi connectivity index (χ1) is 14.4. The van der Waals surface area contributed by atoms with Gasteiger partial charge in [-0.05, 0) is 31.2 Å². The third kappa shape index (κ3) is 3.26. The average molecular weight is 409 g/mol. The van der Waals surface area contributed by atoms with Crippen molar-refractivity contribution in [2.45, 2.75) is 13.0 Å². The molecule has 0 aliphatic rings. The molecule has 2 aromatic heterocycles. The van der Waals surface area contributed by atoms with Crippen LogP contribution in [-0.2, 0) is 0 Å².